The maximum Gasteiger partial charge on any atom is 0.126 e. The minimum Gasteiger partial charge on any atom is -0.207 e. The van der Waals surface area contributed by atoms with Crippen molar-refractivity contribution in [2.24, 2.45) is 0 Å². The van der Waals surface area contributed by atoms with Gasteiger partial charge in [0.15, 0.2) is 0 Å². The quantitative estimate of drug-likeness (QED) is 0.679. The van der Waals surface area contributed by atoms with Crippen molar-refractivity contribution >= 4 is 29.2 Å². The molecule has 0 fully saturated rings. The molecular formula is C10H14BrFSi. The Bertz CT molecular complexity index is 328. The standard InChI is InChI=1S/C10H14BrFSi/c1-7-5-6-8(11)10(9(7)12)13(2,3)4/h5-6H,1-4H3. The number of benzene rings is 1. The summed E-state index contributed by atoms with van der Waals surface area (Å²) in [7, 11) is -1.58. The minimum absolute atomic E-state index is 0.0338. The van der Waals surface area contributed by atoms with Gasteiger partial charge in [-0.1, -0.05) is 41.6 Å². The molecule has 72 valence electrons. The molecule has 0 unspecified atom stereocenters. The summed E-state index contributed by atoms with van der Waals surface area (Å²) < 4.78 is 14.7. The highest BCUT2D eigenvalue weighted by atomic mass is 79.9. The molecule has 1 aromatic rings. The molecule has 0 N–H and O–H groups in total. The fourth-order valence-electron chi connectivity index (χ4n) is 1.34. The molecule has 0 saturated carbocycles. The molecule has 0 amide bonds. The molecule has 0 spiro atoms. The summed E-state index contributed by atoms with van der Waals surface area (Å²) >= 11 is 3.41. The lowest BCUT2D eigenvalue weighted by atomic mass is 10.2. The van der Waals surface area contributed by atoms with E-state index in [1.807, 2.05) is 19.1 Å². The van der Waals surface area contributed by atoms with Gasteiger partial charge in [-0.25, -0.2) is 4.39 Å². The van der Waals surface area contributed by atoms with Crippen molar-refractivity contribution in [1.29, 1.82) is 0 Å². The summed E-state index contributed by atoms with van der Waals surface area (Å²) in [5.41, 5.74) is 0.737. The molecule has 0 atom stereocenters. The molecular weight excluding hydrogens is 247 g/mol. The van der Waals surface area contributed by atoms with E-state index in [4.69, 9.17) is 0 Å². The van der Waals surface area contributed by atoms with Crippen LogP contribution in [0.5, 0.6) is 0 Å². The second-order valence-electron chi connectivity index (χ2n) is 4.30. The number of rotatable bonds is 1. The second kappa shape index (κ2) is 3.54. The van der Waals surface area contributed by atoms with E-state index < -0.39 is 8.07 Å². The number of hydrogen-bond acceptors (Lipinski definition) is 0. The van der Waals surface area contributed by atoms with Gasteiger partial charge in [0, 0.05) is 4.47 Å². The van der Waals surface area contributed by atoms with E-state index in [1.54, 1.807) is 0 Å². The Labute approximate surface area is 88.3 Å². The van der Waals surface area contributed by atoms with E-state index in [-0.39, 0.29) is 5.82 Å². The highest BCUT2D eigenvalue weighted by Gasteiger charge is 2.24. The van der Waals surface area contributed by atoms with Crippen molar-refractivity contribution < 1.29 is 4.39 Å². The van der Waals surface area contributed by atoms with E-state index in [2.05, 4.69) is 35.6 Å². The fourth-order valence-corrected chi connectivity index (χ4v) is 5.09. The van der Waals surface area contributed by atoms with E-state index >= 15 is 0 Å². The maximum atomic E-state index is 13.8. The monoisotopic (exact) mass is 260 g/mol. The molecule has 1 rings (SSSR count). The van der Waals surface area contributed by atoms with Crippen LogP contribution in [0.1, 0.15) is 5.56 Å². The van der Waals surface area contributed by atoms with Gasteiger partial charge in [0.1, 0.15) is 5.82 Å². The van der Waals surface area contributed by atoms with Gasteiger partial charge in [-0.2, -0.15) is 0 Å². The number of hydrogen-bond donors (Lipinski definition) is 0. The van der Waals surface area contributed by atoms with Crippen LogP contribution >= 0.6 is 15.9 Å². The van der Waals surface area contributed by atoms with E-state index in [0.717, 1.165) is 15.2 Å². The molecule has 0 bridgehead atoms. The number of halogens is 2. The maximum absolute atomic E-state index is 13.8. The van der Waals surface area contributed by atoms with Crippen molar-refractivity contribution in [3.8, 4) is 0 Å². The molecule has 0 nitrogen and oxygen atoms in total. The molecule has 0 aliphatic heterocycles. The molecule has 0 saturated heterocycles. The van der Waals surface area contributed by atoms with Crippen molar-refractivity contribution in [3.05, 3.63) is 28.0 Å². The van der Waals surface area contributed by atoms with E-state index in [9.17, 15) is 4.39 Å². The van der Waals surface area contributed by atoms with Gasteiger partial charge in [0.2, 0.25) is 0 Å². The van der Waals surface area contributed by atoms with Crippen LogP contribution < -0.4 is 5.19 Å². The summed E-state index contributed by atoms with van der Waals surface area (Å²) in [5, 5.41) is 0.896. The first-order valence-corrected chi connectivity index (χ1v) is 8.58. The van der Waals surface area contributed by atoms with Crippen LogP contribution in [0.25, 0.3) is 0 Å². The SMILES string of the molecule is Cc1ccc(Br)c([Si](C)(C)C)c1F. The van der Waals surface area contributed by atoms with Crippen LogP contribution in [-0.2, 0) is 0 Å². The third-order valence-electron chi connectivity index (χ3n) is 2.03. The molecule has 1 aromatic carbocycles. The van der Waals surface area contributed by atoms with Crippen LogP contribution in [0, 0.1) is 12.7 Å². The summed E-state index contributed by atoms with van der Waals surface area (Å²) in [5.74, 6) is -0.0338. The average Bonchev–Trinajstić information content (AvgIpc) is 1.95. The molecule has 0 radical (unpaired) electrons. The largest absolute Gasteiger partial charge is 0.207 e. The zero-order chi connectivity index (χ0) is 10.2. The Morgan fingerprint density at radius 1 is 1.23 bits per heavy atom. The topological polar surface area (TPSA) is 0 Å². The zero-order valence-electron chi connectivity index (χ0n) is 8.41. The van der Waals surface area contributed by atoms with E-state index in [1.165, 1.54) is 0 Å². The van der Waals surface area contributed by atoms with Gasteiger partial charge >= 0.3 is 0 Å². The van der Waals surface area contributed by atoms with Gasteiger partial charge in [0.05, 0.1) is 8.07 Å². The third-order valence-corrected chi connectivity index (χ3v) is 5.05. The fraction of sp³-hybridized carbons (Fsp3) is 0.400. The summed E-state index contributed by atoms with van der Waals surface area (Å²) in [6.45, 7) is 8.26. The zero-order valence-corrected chi connectivity index (χ0v) is 11.0. The molecule has 0 heterocycles. The lowest BCUT2D eigenvalue weighted by Gasteiger charge is -2.20. The lowest BCUT2D eigenvalue weighted by molar-refractivity contribution is 0.625. The van der Waals surface area contributed by atoms with Crippen LogP contribution in [0.4, 0.5) is 4.39 Å². The van der Waals surface area contributed by atoms with Crippen molar-refractivity contribution in [2.45, 2.75) is 26.6 Å². The van der Waals surface area contributed by atoms with Crippen molar-refractivity contribution in [1.82, 2.24) is 0 Å². The van der Waals surface area contributed by atoms with Crippen molar-refractivity contribution in [2.75, 3.05) is 0 Å². The first-order chi connectivity index (χ1) is 5.84. The van der Waals surface area contributed by atoms with Crippen LogP contribution in [0.15, 0.2) is 16.6 Å². The normalized spacial score (nSPS) is 11.8. The van der Waals surface area contributed by atoms with Gasteiger partial charge in [-0.3, -0.25) is 0 Å². The van der Waals surface area contributed by atoms with E-state index in [0.29, 0.717) is 0 Å². The molecule has 13 heavy (non-hydrogen) atoms. The van der Waals surface area contributed by atoms with Gasteiger partial charge in [-0.05, 0) is 23.7 Å². The minimum atomic E-state index is -1.58. The summed E-state index contributed by atoms with van der Waals surface area (Å²) in [6.07, 6.45) is 0. The predicted octanol–water partition coefficient (Wildman–Crippen LogP) is 3.44. The molecule has 0 aromatic heterocycles. The van der Waals surface area contributed by atoms with Gasteiger partial charge < -0.3 is 0 Å². The van der Waals surface area contributed by atoms with Gasteiger partial charge in [0.25, 0.3) is 0 Å². The Morgan fingerprint density at radius 2 is 1.77 bits per heavy atom. The molecule has 0 aliphatic rings. The number of aryl methyl sites for hydroxylation is 1. The first-order valence-electron chi connectivity index (χ1n) is 4.29. The molecule has 0 aliphatic carbocycles. The third kappa shape index (κ3) is 2.20. The smallest absolute Gasteiger partial charge is 0.126 e. The Morgan fingerprint density at radius 3 is 2.15 bits per heavy atom. The van der Waals surface area contributed by atoms with Crippen LogP contribution in [-0.4, -0.2) is 8.07 Å². The Kier molecular flexibility index (Phi) is 2.97. The highest BCUT2D eigenvalue weighted by Crippen LogP contribution is 2.17. The predicted molar refractivity (Wildman–Crippen MR) is 61.8 cm³/mol. The first kappa shape index (κ1) is 10.9. The van der Waals surface area contributed by atoms with Crippen LogP contribution in [0.2, 0.25) is 19.6 Å². The highest BCUT2D eigenvalue weighted by molar-refractivity contribution is 9.10. The summed E-state index contributed by atoms with van der Waals surface area (Å²) in [6, 6.07) is 3.75. The Balaban J connectivity index is 3.43. The van der Waals surface area contributed by atoms with Crippen LogP contribution in [0.3, 0.4) is 0 Å². The summed E-state index contributed by atoms with van der Waals surface area (Å²) in [4.78, 5) is 0. The molecule has 3 heteroatoms. The Hall–Kier alpha value is -0.153. The van der Waals surface area contributed by atoms with Crippen molar-refractivity contribution in [3.63, 3.8) is 0 Å². The lowest BCUT2D eigenvalue weighted by Crippen LogP contribution is -2.41. The second-order valence-corrected chi connectivity index (χ2v) is 10.2. The average molecular weight is 261 g/mol. The van der Waals surface area contributed by atoms with Gasteiger partial charge in [-0.15, -0.1) is 0 Å².